The highest BCUT2D eigenvalue weighted by atomic mass is 35.5. The first-order chi connectivity index (χ1) is 23.1. The number of hydrogen-bond acceptors (Lipinski definition) is 0. The van der Waals surface area contributed by atoms with Crippen LogP contribution in [-0.2, 0) is 5.31 Å². The first-order valence-corrected chi connectivity index (χ1v) is 20.3. The van der Waals surface area contributed by atoms with Crippen LogP contribution in [0.5, 0.6) is 0 Å². The summed E-state index contributed by atoms with van der Waals surface area (Å²) in [6, 6.07) is 19.7. The highest BCUT2D eigenvalue weighted by Crippen LogP contribution is 2.43. The Hall–Kier alpha value is -1.45. The van der Waals surface area contributed by atoms with E-state index in [0.717, 1.165) is 44.6 Å². The van der Waals surface area contributed by atoms with Crippen molar-refractivity contribution in [2.45, 2.75) is 137 Å². The Labute approximate surface area is 310 Å². The highest BCUT2D eigenvalue weighted by molar-refractivity contribution is 6.87. The molecule has 48 heavy (non-hydrogen) atoms. The lowest BCUT2D eigenvalue weighted by atomic mass is 9.23. The van der Waals surface area contributed by atoms with Gasteiger partial charge in [0.15, 0.2) is 0 Å². The van der Waals surface area contributed by atoms with Crippen molar-refractivity contribution < 1.29 is 4.48 Å². The molecule has 3 aromatic carbocycles. The fourth-order valence-corrected chi connectivity index (χ4v) is 8.44. The van der Waals surface area contributed by atoms with Crippen molar-refractivity contribution in [1.82, 2.24) is 0 Å². The summed E-state index contributed by atoms with van der Waals surface area (Å²) < 4.78 is 1.42. The van der Waals surface area contributed by atoms with Crippen LogP contribution in [0.4, 0.5) is 0 Å². The molecule has 0 bridgehead atoms. The smallest absolute Gasteiger partial charge is 0.219 e. The molecule has 0 amide bonds. The molecule has 1 fully saturated rings. The quantitative estimate of drug-likeness (QED) is 0.102. The van der Waals surface area contributed by atoms with Crippen LogP contribution in [0.15, 0.2) is 54.6 Å². The lowest BCUT2D eigenvalue weighted by Gasteiger charge is -2.43. The molecule has 0 atom stereocenters. The average molecular weight is 712 g/mol. The van der Waals surface area contributed by atoms with Crippen LogP contribution < -0.4 is 10.9 Å². The molecule has 1 nitrogen and oxygen atoms in total. The first kappa shape index (κ1) is 41.0. The molecule has 0 aromatic heterocycles. The number of halogens is 3. The van der Waals surface area contributed by atoms with Crippen LogP contribution in [0.3, 0.4) is 0 Å². The molecule has 0 saturated heterocycles. The Morgan fingerprint density at radius 2 is 0.917 bits per heavy atom. The van der Waals surface area contributed by atoms with E-state index in [1.165, 1.54) is 118 Å². The minimum absolute atomic E-state index is 0.0488. The van der Waals surface area contributed by atoms with Crippen molar-refractivity contribution in [3.63, 3.8) is 0 Å². The minimum atomic E-state index is -0.0488. The second-order valence-corrected chi connectivity index (χ2v) is 16.0. The molecule has 5 heteroatoms. The van der Waals surface area contributed by atoms with E-state index in [1.54, 1.807) is 0 Å². The maximum atomic E-state index is 6.64. The predicted octanol–water partition coefficient (Wildman–Crippen LogP) is 12.6. The van der Waals surface area contributed by atoms with Gasteiger partial charge in [-0.1, -0.05) is 155 Å². The highest BCUT2D eigenvalue weighted by Gasteiger charge is 2.46. The predicted molar refractivity (Wildman–Crippen MR) is 218 cm³/mol. The zero-order valence-electron chi connectivity index (χ0n) is 31.4. The third-order valence-electron chi connectivity index (χ3n) is 11.0. The van der Waals surface area contributed by atoms with Gasteiger partial charge in [-0.3, -0.25) is 0 Å². The van der Waals surface area contributed by atoms with Crippen LogP contribution in [0.25, 0.3) is 0 Å². The molecule has 4 rings (SSSR count). The van der Waals surface area contributed by atoms with Crippen LogP contribution in [0.1, 0.15) is 133 Å². The van der Waals surface area contributed by atoms with Crippen molar-refractivity contribution in [2.75, 3.05) is 26.2 Å². The summed E-state index contributed by atoms with van der Waals surface area (Å²) in [4.78, 5) is 0. The largest absolute Gasteiger partial charge is 0.324 e. The third-order valence-corrected chi connectivity index (χ3v) is 12.3. The van der Waals surface area contributed by atoms with Gasteiger partial charge in [0.05, 0.1) is 26.2 Å². The number of rotatable bonds is 16. The standard InChI is InChI=1S/C27H28BCl3.C16H36N/c1-18-7-10-21(15-24(18)29)27(13-5-4-6-14-27)28(22-11-8-19(2)25(30)16-22)23-12-9-20(3)26(31)17-23;1-5-9-13-17(14-10-6-2,15-11-7-3)16-12-8-4/h7-12,15-17H,4-6,13-14H2,1-3H3;5-16H2,1-4H3/q;+1. The molecule has 1 aliphatic carbocycles. The summed E-state index contributed by atoms with van der Waals surface area (Å²) in [6.45, 7) is 21.4. The Bertz CT molecular complexity index is 1310. The monoisotopic (exact) mass is 710 g/mol. The zero-order valence-corrected chi connectivity index (χ0v) is 33.6. The fourth-order valence-electron chi connectivity index (χ4n) is 7.88. The van der Waals surface area contributed by atoms with Crippen LogP contribution in [0, 0.1) is 20.8 Å². The van der Waals surface area contributed by atoms with E-state index in [0.29, 0.717) is 0 Å². The normalized spacial score (nSPS) is 14.4. The fraction of sp³-hybridized carbons (Fsp3) is 0.581. The van der Waals surface area contributed by atoms with E-state index in [-0.39, 0.29) is 12.0 Å². The second-order valence-electron chi connectivity index (χ2n) is 14.8. The van der Waals surface area contributed by atoms with Crippen molar-refractivity contribution in [3.8, 4) is 0 Å². The lowest BCUT2D eigenvalue weighted by Crippen LogP contribution is -2.59. The van der Waals surface area contributed by atoms with Gasteiger partial charge in [0.2, 0.25) is 6.71 Å². The van der Waals surface area contributed by atoms with Gasteiger partial charge in [-0.2, -0.15) is 0 Å². The van der Waals surface area contributed by atoms with E-state index in [2.05, 4.69) is 103 Å². The molecule has 0 heterocycles. The summed E-state index contributed by atoms with van der Waals surface area (Å²) >= 11 is 19.9. The molecule has 1 saturated carbocycles. The molecule has 3 aromatic rings. The van der Waals surface area contributed by atoms with Crippen molar-refractivity contribution in [2.24, 2.45) is 0 Å². The van der Waals surface area contributed by atoms with Crippen molar-refractivity contribution in [1.29, 1.82) is 0 Å². The Balaban J connectivity index is 0.000000315. The Morgan fingerprint density at radius 3 is 1.27 bits per heavy atom. The molecular weight excluding hydrogens is 648 g/mol. The number of nitrogens with zero attached hydrogens (tertiary/aromatic N) is 1. The number of quaternary nitrogens is 1. The van der Waals surface area contributed by atoms with Gasteiger partial charge in [0.1, 0.15) is 0 Å². The number of hydrogen-bond donors (Lipinski definition) is 0. The molecule has 0 N–H and O–H groups in total. The lowest BCUT2D eigenvalue weighted by molar-refractivity contribution is -0.929. The summed E-state index contributed by atoms with van der Waals surface area (Å²) in [6.07, 6.45) is 17.0. The maximum Gasteiger partial charge on any atom is 0.219 e. The second kappa shape index (κ2) is 20.4. The van der Waals surface area contributed by atoms with Gasteiger partial charge in [-0.05, 0) is 105 Å². The molecule has 1 aliphatic rings. The van der Waals surface area contributed by atoms with Gasteiger partial charge in [-0.15, -0.1) is 0 Å². The number of benzene rings is 3. The maximum absolute atomic E-state index is 6.64. The van der Waals surface area contributed by atoms with Crippen LogP contribution in [0.2, 0.25) is 15.1 Å². The molecule has 0 unspecified atom stereocenters. The van der Waals surface area contributed by atoms with Gasteiger partial charge in [-0.25, -0.2) is 0 Å². The zero-order chi connectivity index (χ0) is 35.2. The topological polar surface area (TPSA) is 0 Å². The van der Waals surface area contributed by atoms with Crippen LogP contribution >= 0.6 is 34.8 Å². The van der Waals surface area contributed by atoms with Crippen molar-refractivity contribution in [3.05, 3.63) is 91.9 Å². The molecule has 264 valence electrons. The van der Waals surface area contributed by atoms with E-state index >= 15 is 0 Å². The van der Waals surface area contributed by atoms with Gasteiger partial charge in [0, 0.05) is 15.1 Å². The van der Waals surface area contributed by atoms with E-state index in [1.807, 2.05) is 0 Å². The van der Waals surface area contributed by atoms with E-state index in [9.17, 15) is 0 Å². The van der Waals surface area contributed by atoms with E-state index in [4.69, 9.17) is 34.8 Å². The summed E-state index contributed by atoms with van der Waals surface area (Å²) in [5.41, 5.74) is 7.12. The number of unbranched alkanes of at least 4 members (excludes halogenated alkanes) is 4. The SMILES string of the molecule is CCCC[N+](CCCC)(CCCC)CCCC.Cc1ccc(B(c2ccc(C)c(Cl)c2)C2(c3ccc(C)c(Cl)c3)CCCCC2)cc1Cl. The van der Waals surface area contributed by atoms with Gasteiger partial charge in [0.25, 0.3) is 0 Å². The van der Waals surface area contributed by atoms with E-state index < -0.39 is 0 Å². The molecule has 0 radical (unpaired) electrons. The summed E-state index contributed by atoms with van der Waals surface area (Å²) in [7, 11) is 0. The minimum Gasteiger partial charge on any atom is -0.324 e. The van der Waals surface area contributed by atoms with Crippen molar-refractivity contribution >= 4 is 52.4 Å². The molecular formula is C43H64BCl3N+. The molecule has 0 aliphatic heterocycles. The number of aryl methyl sites for hydroxylation is 3. The Kier molecular flexibility index (Phi) is 17.4. The average Bonchev–Trinajstić information content (AvgIpc) is 3.09. The Morgan fingerprint density at radius 1 is 0.542 bits per heavy atom. The third kappa shape index (κ3) is 11.0. The molecule has 0 spiro atoms. The summed E-state index contributed by atoms with van der Waals surface area (Å²) in [5.74, 6) is 0. The van der Waals surface area contributed by atoms with Gasteiger partial charge < -0.3 is 4.48 Å². The first-order valence-electron chi connectivity index (χ1n) is 19.2. The summed E-state index contributed by atoms with van der Waals surface area (Å²) in [5, 5.41) is 2.42. The van der Waals surface area contributed by atoms with Crippen LogP contribution in [-0.4, -0.2) is 37.4 Å². The van der Waals surface area contributed by atoms with Gasteiger partial charge >= 0.3 is 0 Å².